The van der Waals surface area contributed by atoms with Crippen LogP contribution in [0.1, 0.15) is 85.0 Å². The maximum Gasteiger partial charge on any atom is 0.249 e. The number of nitrogens with zero attached hydrogens (tertiary/aromatic N) is 2. The molecule has 0 spiro atoms. The van der Waals surface area contributed by atoms with Crippen molar-refractivity contribution in [2.24, 2.45) is 22.9 Å². The van der Waals surface area contributed by atoms with E-state index in [9.17, 15) is 14.7 Å². The van der Waals surface area contributed by atoms with Gasteiger partial charge in [-0.15, -0.1) is 0 Å². The average Bonchev–Trinajstić information content (AvgIpc) is 3.49. The van der Waals surface area contributed by atoms with Crippen LogP contribution in [0, 0.1) is 13.8 Å². The molecule has 1 heterocycles. The number of unbranched alkanes of at least 4 members (excludes halogenated alkanes) is 3. The number of benzene rings is 2. The molecule has 0 saturated carbocycles. The van der Waals surface area contributed by atoms with Gasteiger partial charge in [0.15, 0.2) is 5.82 Å². The van der Waals surface area contributed by atoms with Crippen LogP contribution in [-0.2, 0) is 16.0 Å². The third-order valence-corrected chi connectivity index (χ3v) is 7.77. The first-order valence-corrected chi connectivity index (χ1v) is 16.2. The molecule has 0 aliphatic rings. The SMILES string of the molecule is Cc1cc(O)cc(C)c1/C=C/[C@H](NC(=O)[C@H](N)CCCCNC(N)N)C(=O)N[C@H](CCCCCN)c1nc(Cc2ccccc2)no1. The largest absolute Gasteiger partial charge is 0.508 e. The Morgan fingerprint density at radius 2 is 1.64 bits per heavy atom. The summed E-state index contributed by atoms with van der Waals surface area (Å²) in [5.41, 5.74) is 26.4. The van der Waals surface area contributed by atoms with Gasteiger partial charge >= 0.3 is 0 Å². The molecule has 0 bridgehead atoms. The van der Waals surface area contributed by atoms with E-state index in [1.165, 1.54) is 0 Å². The van der Waals surface area contributed by atoms with Crippen molar-refractivity contribution in [1.82, 2.24) is 26.1 Å². The summed E-state index contributed by atoms with van der Waals surface area (Å²) < 4.78 is 5.64. The fourth-order valence-corrected chi connectivity index (χ4v) is 5.21. The van der Waals surface area contributed by atoms with Crippen molar-refractivity contribution < 1.29 is 19.2 Å². The Morgan fingerprint density at radius 3 is 2.32 bits per heavy atom. The molecule has 256 valence electrons. The molecule has 2 amide bonds. The average molecular weight is 650 g/mol. The zero-order valence-electron chi connectivity index (χ0n) is 27.5. The van der Waals surface area contributed by atoms with E-state index in [1.54, 1.807) is 24.3 Å². The number of phenolic OH excluding ortho intramolecular Hbond substituents is 1. The van der Waals surface area contributed by atoms with Crippen molar-refractivity contribution in [3.63, 3.8) is 0 Å². The number of aromatic nitrogens is 2. The van der Waals surface area contributed by atoms with Crippen LogP contribution >= 0.6 is 0 Å². The van der Waals surface area contributed by atoms with E-state index in [-0.39, 0.29) is 5.75 Å². The summed E-state index contributed by atoms with van der Waals surface area (Å²) in [5.74, 6) is 0.0328. The minimum absolute atomic E-state index is 0.151. The minimum atomic E-state index is -1.06. The van der Waals surface area contributed by atoms with E-state index in [2.05, 4.69) is 26.1 Å². The Kier molecular flexibility index (Phi) is 15.5. The number of carbonyl (C=O) groups is 2. The van der Waals surface area contributed by atoms with E-state index in [1.807, 2.05) is 44.2 Å². The lowest BCUT2D eigenvalue weighted by molar-refractivity contribution is -0.129. The summed E-state index contributed by atoms with van der Waals surface area (Å²) in [5, 5.41) is 22.9. The van der Waals surface area contributed by atoms with E-state index in [0.29, 0.717) is 50.5 Å². The number of aryl methyl sites for hydroxylation is 2. The number of nitrogens with two attached hydrogens (primary N) is 4. The van der Waals surface area contributed by atoms with Gasteiger partial charge in [0.25, 0.3) is 0 Å². The molecule has 0 radical (unpaired) electrons. The Bertz CT molecular complexity index is 1400. The van der Waals surface area contributed by atoms with E-state index >= 15 is 0 Å². The topological polar surface area (TPSA) is 233 Å². The van der Waals surface area contributed by atoms with Crippen molar-refractivity contribution in [3.05, 3.63) is 82.5 Å². The summed E-state index contributed by atoms with van der Waals surface area (Å²) in [6.07, 6.45) is 8.12. The summed E-state index contributed by atoms with van der Waals surface area (Å²) in [6, 6.07) is 10.6. The number of phenols is 1. The molecule has 47 heavy (non-hydrogen) atoms. The molecule has 13 heteroatoms. The molecular formula is C34H51N9O4. The first kappa shape index (κ1) is 37.3. The molecule has 2 aromatic carbocycles. The Balaban J connectivity index is 1.80. The van der Waals surface area contributed by atoms with Crippen molar-refractivity contribution in [3.8, 4) is 5.75 Å². The maximum absolute atomic E-state index is 13.9. The quantitative estimate of drug-likeness (QED) is 0.0652. The molecule has 0 fully saturated rings. The van der Waals surface area contributed by atoms with Gasteiger partial charge in [0.05, 0.1) is 6.04 Å². The van der Waals surface area contributed by atoms with Crippen LogP contribution in [0.4, 0.5) is 0 Å². The van der Waals surface area contributed by atoms with Crippen LogP contribution < -0.4 is 38.9 Å². The van der Waals surface area contributed by atoms with Gasteiger partial charge in [0.1, 0.15) is 24.1 Å². The number of amides is 2. The summed E-state index contributed by atoms with van der Waals surface area (Å²) >= 11 is 0. The van der Waals surface area contributed by atoms with Crippen LogP contribution in [0.3, 0.4) is 0 Å². The third kappa shape index (κ3) is 12.9. The minimum Gasteiger partial charge on any atom is -0.508 e. The molecule has 1 aromatic heterocycles. The lowest BCUT2D eigenvalue weighted by atomic mass is 10.0. The number of carbonyl (C=O) groups excluding carboxylic acids is 2. The fraction of sp³-hybridized carbons (Fsp3) is 0.471. The van der Waals surface area contributed by atoms with Gasteiger partial charge in [0.2, 0.25) is 17.7 Å². The highest BCUT2D eigenvalue weighted by atomic mass is 16.5. The number of hydrogen-bond acceptors (Lipinski definition) is 11. The Labute approximate surface area is 276 Å². The summed E-state index contributed by atoms with van der Waals surface area (Å²) in [6.45, 7) is 4.90. The molecular weight excluding hydrogens is 598 g/mol. The van der Waals surface area contributed by atoms with Gasteiger partial charge in [-0.25, -0.2) is 0 Å². The van der Waals surface area contributed by atoms with Crippen molar-refractivity contribution in [2.75, 3.05) is 13.1 Å². The fourth-order valence-electron chi connectivity index (χ4n) is 5.21. The highest BCUT2D eigenvalue weighted by Gasteiger charge is 2.27. The number of rotatable bonds is 20. The molecule has 3 aromatic rings. The standard InChI is InChI=1S/C34H51N9O4/c1-22-19-25(44)20-23(2)26(22)15-16-28(40-31(45)27(36)13-8-10-18-39-34(37)38)32(46)41-29(14-7-4-9-17-35)33-42-30(43-47-33)21-24-11-5-3-6-12-24/h3,5-6,11-12,15-16,19-20,27-29,34,39,44H,4,7-10,13-14,17-18,21,35-38H2,1-2H3,(H,40,45)(H,41,46)/b16-15+/t27-,28+,29-/m1/s1. The van der Waals surface area contributed by atoms with Crippen LogP contribution in [0.25, 0.3) is 6.08 Å². The number of aromatic hydroxyl groups is 1. The molecule has 0 saturated heterocycles. The Hall–Kier alpha value is -4.14. The second kappa shape index (κ2) is 19.5. The molecule has 3 rings (SSSR count). The van der Waals surface area contributed by atoms with Gasteiger partial charge < -0.3 is 43.2 Å². The summed E-state index contributed by atoms with van der Waals surface area (Å²) in [4.78, 5) is 31.7. The van der Waals surface area contributed by atoms with Crippen molar-refractivity contribution >= 4 is 17.9 Å². The van der Waals surface area contributed by atoms with E-state index in [4.69, 9.17) is 27.5 Å². The first-order valence-electron chi connectivity index (χ1n) is 16.2. The Morgan fingerprint density at radius 1 is 0.936 bits per heavy atom. The smallest absolute Gasteiger partial charge is 0.249 e. The molecule has 0 unspecified atom stereocenters. The zero-order chi connectivity index (χ0) is 34.2. The van der Waals surface area contributed by atoms with Gasteiger partial charge in [0, 0.05) is 6.42 Å². The maximum atomic E-state index is 13.9. The second-order valence-electron chi connectivity index (χ2n) is 11.8. The van der Waals surface area contributed by atoms with Crippen LogP contribution in [-0.4, -0.2) is 58.5 Å². The highest BCUT2D eigenvalue weighted by molar-refractivity contribution is 5.92. The van der Waals surface area contributed by atoms with Crippen molar-refractivity contribution in [2.45, 2.75) is 89.6 Å². The highest BCUT2D eigenvalue weighted by Crippen LogP contribution is 2.23. The van der Waals surface area contributed by atoms with Crippen LogP contribution in [0.5, 0.6) is 5.75 Å². The van der Waals surface area contributed by atoms with Gasteiger partial charge in [-0.3, -0.25) is 14.9 Å². The lowest BCUT2D eigenvalue weighted by Gasteiger charge is -2.21. The summed E-state index contributed by atoms with van der Waals surface area (Å²) in [7, 11) is 0. The first-order chi connectivity index (χ1) is 22.6. The van der Waals surface area contributed by atoms with Crippen LogP contribution in [0.2, 0.25) is 0 Å². The van der Waals surface area contributed by atoms with Crippen LogP contribution in [0.15, 0.2) is 53.1 Å². The normalized spacial score (nSPS) is 13.5. The van der Waals surface area contributed by atoms with Gasteiger partial charge in [-0.2, -0.15) is 4.98 Å². The molecule has 0 aliphatic heterocycles. The molecule has 12 N–H and O–H groups in total. The zero-order valence-corrected chi connectivity index (χ0v) is 27.5. The predicted molar refractivity (Wildman–Crippen MR) is 182 cm³/mol. The van der Waals surface area contributed by atoms with Gasteiger partial charge in [-0.1, -0.05) is 66.9 Å². The third-order valence-electron chi connectivity index (χ3n) is 7.77. The molecule has 0 aliphatic carbocycles. The predicted octanol–water partition coefficient (Wildman–Crippen LogP) is 2.15. The van der Waals surface area contributed by atoms with E-state index in [0.717, 1.165) is 47.9 Å². The monoisotopic (exact) mass is 649 g/mol. The van der Waals surface area contributed by atoms with Gasteiger partial charge in [-0.05, 0) is 87.0 Å². The molecule has 3 atom stereocenters. The lowest BCUT2D eigenvalue weighted by Crippen LogP contribution is -2.51. The van der Waals surface area contributed by atoms with Crippen molar-refractivity contribution in [1.29, 1.82) is 0 Å². The van der Waals surface area contributed by atoms with E-state index < -0.39 is 36.2 Å². The second-order valence-corrected chi connectivity index (χ2v) is 11.8. The molecule has 13 nitrogen and oxygen atoms in total. The number of nitrogens with one attached hydrogen (secondary N) is 3. The number of hydrogen-bond donors (Lipinski definition) is 8.